The lowest BCUT2D eigenvalue weighted by molar-refractivity contribution is -0.132. The number of hydrogen-bond donors (Lipinski definition) is 5. The van der Waals surface area contributed by atoms with Crippen LogP contribution in [0.25, 0.3) is 11.3 Å². The van der Waals surface area contributed by atoms with Gasteiger partial charge in [-0.15, -0.1) is 0 Å². The minimum atomic E-state index is -0.722. The lowest BCUT2D eigenvalue weighted by Gasteiger charge is -2.29. The van der Waals surface area contributed by atoms with Crippen LogP contribution in [0.2, 0.25) is 5.02 Å². The summed E-state index contributed by atoms with van der Waals surface area (Å²) in [7, 11) is 1.97. The third kappa shape index (κ3) is 10.4. The molecule has 16 heteroatoms. The molecule has 0 bridgehead atoms. The first-order valence-corrected chi connectivity index (χ1v) is 20.9. The molecule has 5 amide bonds. The number of benzene rings is 1. The Balaban J connectivity index is 0.748. The molecule has 1 aromatic carbocycles. The highest BCUT2D eigenvalue weighted by Gasteiger charge is 2.39. The summed E-state index contributed by atoms with van der Waals surface area (Å²) in [6.45, 7) is 0.978. The Morgan fingerprint density at radius 3 is 2.53 bits per heavy atom. The van der Waals surface area contributed by atoms with E-state index in [1.165, 1.54) is 17.7 Å². The number of fused-ring (bicyclic) bond motifs is 1. The molecule has 0 unspecified atom stereocenters. The van der Waals surface area contributed by atoms with Gasteiger partial charge in [0, 0.05) is 66.6 Å². The Bertz CT molecular complexity index is 1970. The molecule has 0 spiro atoms. The number of aryl methyl sites for hydroxylation is 1. The first-order chi connectivity index (χ1) is 27.6. The molecule has 57 heavy (non-hydrogen) atoms. The minimum absolute atomic E-state index is 0.0928. The van der Waals surface area contributed by atoms with Crippen LogP contribution < -0.4 is 26.6 Å². The lowest BCUT2D eigenvalue weighted by Crippen LogP contribution is -2.46. The Labute approximate surface area is 337 Å². The van der Waals surface area contributed by atoms with E-state index in [9.17, 15) is 24.0 Å². The number of halogens is 1. The summed E-state index contributed by atoms with van der Waals surface area (Å²) in [6, 6.07) is 4.83. The average Bonchev–Trinajstić information content (AvgIpc) is 3.90. The number of nitrogens with one attached hydrogen (secondary N) is 5. The molecule has 5 N–H and O–H groups in total. The van der Waals surface area contributed by atoms with Crippen molar-refractivity contribution < 1.29 is 24.0 Å². The standard InChI is InChI=1S/C41H53ClN10O5/c1-51-34(20-25-13-14-25)29(21-45-51)38-31(42)22-44-41(50-38)47-27-17-15-26(16-18-27)46-35(53)11-4-2-3-5-19-43-23-37(55)48-32-9-6-8-28-30(32)24-52(40(28)57)33-10-7-12-36(54)49-39(33)56/h6,8-9,21-22,25-27,33,43H,2-5,7,10-20,23-24H2,1H3,(H,46,53)(H,48,55)(H,44,47,50)(H,49,54,56)/t26-,27-,33-/m0/s1. The number of unbranched alkanes of at least 4 members (excludes halogenated alkanes) is 3. The maximum Gasteiger partial charge on any atom is 0.255 e. The third-order valence-corrected chi connectivity index (χ3v) is 11.8. The van der Waals surface area contributed by atoms with Crippen LogP contribution >= 0.6 is 11.6 Å². The molecule has 2 aliphatic carbocycles. The topological polar surface area (TPSA) is 192 Å². The van der Waals surface area contributed by atoms with Gasteiger partial charge in [0.1, 0.15) is 6.04 Å². The van der Waals surface area contributed by atoms with E-state index < -0.39 is 11.9 Å². The van der Waals surface area contributed by atoms with Gasteiger partial charge in [-0.3, -0.25) is 34.0 Å². The van der Waals surface area contributed by atoms with Crippen LogP contribution in [0, 0.1) is 5.92 Å². The first-order valence-electron chi connectivity index (χ1n) is 20.5. The SMILES string of the molecule is Cn1ncc(-c2nc(N[C@H]3CC[C@H](NC(=O)CCCCCCNCC(=O)Nc4cccc5c4CN([C@H]4CCCC(=O)NC4=O)C5=O)CC3)ncc2Cl)c1CC1CC1. The summed E-state index contributed by atoms with van der Waals surface area (Å²) >= 11 is 6.56. The Morgan fingerprint density at radius 1 is 0.930 bits per heavy atom. The van der Waals surface area contributed by atoms with Crippen LogP contribution in [0.5, 0.6) is 0 Å². The maximum atomic E-state index is 13.2. The molecule has 3 fully saturated rings. The fourth-order valence-electron chi connectivity index (χ4n) is 8.16. The van der Waals surface area contributed by atoms with E-state index in [-0.39, 0.29) is 55.2 Å². The largest absolute Gasteiger partial charge is 0.353 e. The number of imide groups is 1. The van der Waals surface area contributed by atoms with Gasteiger partial charge in [0.15, 0.2) is 0 Å². The van der Waals surface area contributed by atoms with Gasteiger partial charge in [-0.1, -0.05) is 30.5 Å². The number of amides is 5. The number of carbonyl (C=O) groups excluding carboxylic acids is 5. The molecule has 1 saturated heterocycles. The molecule has 2 aromatic heterocycles. The molecule has 2 aliphatic heterocycles. The molecule has 15 nitrogen and oxygen atoms in total. The van der Waals surface area contributed by atoms with Crippen molar-refractivity contribution in [1.82, 2.24) is 40.6 Å². The van der Waals surface area contributed by atoms with Crippen molar-refractivity contribution in [2.75, 3.05) is 23.7 Å². The van der Waals surface area contributed by atoms with Gasteiger partial charge in [-0.25, -0.2) is 9.97 Å². The summed E-state index contributed by atoms with van der Waals surface area (Å²) in [5.74, 6) is 0.0856. The quantitative estimate of drug-likeness (QED) is 0.0949. The van der Waals surface area contributed by atoms with Crippen molar-refractivity contribution in [3.63, 3.8) is 0 Å². The molecule has 4 heterocycles. The fraction of sp³-hybridized carbons (Fsp3) is 0.561. The number of carbonyl (C=O) groups is 5. The highest BCUT2D eigenvalue weighted by Crippen LogP contribution is 2.37. The third-order valence-electron chi connectivity index (χ3n) is 11.6. The van der Waals surface area contributed by atoms with Gasteiger partial charge in [-0.05, 0) is 95.2 Å². The maximum absolute atomic E-state index is 13.2. The summed E-state index contributed by atoms with van der Waals surface area (Å²) in [6.07, 6.45) is 15.8. The summed E-state index contributed by atoms with van der Waals surface area (Å²) < 4.78 is 1.92. The number of hydrogen-bond acceptors (Lipinski definition) is 10. The summed E-state index contributed by atoms with van der Waals surface area (Å²) in [5.41, 5.74) is 4.51. The van der Waals surface area contributed by atoms with Crippen molar-refractivity contribution in [3.05, 3.63) is 52.4 Å². The van der Waals surface area contributed by atoms with Crippen LogP contribution in [0.4, 0.5) is 11.6 Å². The molecule has 1 atom stereocenters. The fourth-order valence-corrected chi connectivity index (χ4v) is 8.36. The highest BCUT2D eigenvalue weighted by molar-refractivity contribution is 6.33. The second kappa shape index (κ2) is 18.6. The van der Waals surface area contributed by atoms with E-state index in [0.29, 0.717) is 65.2 Å². The smallest absolute Gasteiger partial charge is 0.255 e. The van der Waals surface area contributed by atoms with Crippen molar-refractivity contribution in [3.8, 4) is 11.3 Å². The zero-order valence-corrected chi connectivity index (χ0v) is 33.3. The average molecular weight is 801 g/mol. The zero-order chi connectivity index (χ0) is 39.9. The van der Waals surface area contributed by atoms with Gasteiger partial charge in [0.25, 0.3) is 5.91 Å². The van der Waals surface area contributed by atoms with E-state index in [1.807, 2.05) is 17.9 Å². The van der Waals surface area contributed by atoms with Crippen LogP contribution in [-0.4, -0.2) is 85.4 Å². The predicted molar refractivity (Wildman–Crippen MR) is 215 cm³/mol. The Kier molecular flexibility index (Phi) is 13.1. The Hall–Kier alpha value is -4.89. The molecule has 4 aliphatic rings. The second-order valence-electron chi connectivity index (χ2n) is 15.9. The predicted octanol–water partition coefficient (Wildman–Crippen LogP) is 4.65. The van der Waals surface area contributed by atoms with E-state index in [0.717, 1.165) is 69.0 Å². The monoisotopic (exact) mass is 800 g/mol. The van der Waals surface area contributed by atoms with Crippen molar-refractivity contribution in [1.29, 1.82) is 0 Å². The van der Waals surface area contributed by atoms with E-state index in [1.54, 1.807) is 24.4 Å². The summed E-state index contributed by atoms with van der Waals surface area (Å²) in [5, 5.41) is 20.2. The van der Waals surface area contributed by atoms with E-state index in [4.69, 9.17) is 16.6 Å². The van der Waals surface area contributed by atoms with Crippen molar-refractivity contribution >= 4 is 52.8 Å². The second-order valence-corrected chi connectivity index (χ2v) is 16.3. The molecule has 0 radical (unpaired) electrons. The first kappa shape index (κ1) is 40.3. The molecular formula is C41H53ClN10O5. The van der Waals surface area contributed by atoms with E-state index in [2.05, 4.69) is 36.7 Å². The zero-order valence-electron chi connectivity index (χ0n) is 32.6. The van der Waals surface area contributed by atoms with Crippen molar-refractivity contribution in [2.45, 2.75) is 121 Å². The van der Waals surface area contributed by atoms with Gasteiger partial charge in [0.05, 0.1) is 29.7 Å². The molecular weight excluding hydrogens is 748 g/mol. The Morgan fingerprint density at radius 2 is 1.72 bits per heavy atom. The van der Waals surface area contributed by atoms with Crippen LogP contribution in [-0.2, 0) is 39.2 Å². The molecule has 2 saturated carbocycles. The molecule has 7 rings (SSSR count). The van der Waals surface area contributed by atoms with E-state index >= 15 is 0 Å². The molecule has 3 aromatic rings. The number of rotatable bonds is 17. The minimum Gasteiger partial charge on any atom is -0.353 e. The highest BCUT2D eigenvalue weighted by atomic mass is 35.5. The van der Waals surface area contributed by atoms with Gasteiger partial charge >= 0.3 is 0 Å². The van der Waals surface area contributed by atoms with Crippen LogP contribution in [0.3, 0.4) is 0 Å². The molecule has 304 valence electrons. The lowest BCUT2D eigenvalue weighted by atomic mass is 9.91. The van der Waals surface area contributed by atoms with Gasteiger partial charge < -0.3 is 26.2 Å². The van der Waals surface area contributed by atoms with Crippen LogP contribution in [0.1, 0.15) is 112 Å². The van der Waals surface area contributed by atoms with Crippen LogP contribution in [0.15, 0.2) is 30.6 Å². The normalized spacial score (nSPS) is 20.8. The van der Waals surface area contributed by atoms with Gasteiger partial charge in [-0.2, -0.15) is 5.10 Å². The number of aromatic nitrogens is 4. The summed E-state index contributed by atoms with van der Waals surface area (Å²) in [4.78, 5) is 73.7. The van der Waals surface area contributed by atoms with Gasteiger partial charge in [0.2, 0.25) is 29.6 Å². The number of nitrogens with zero attached hydrogens (tertiary/aromatic N) is 5. The van der Waals surface area contributed by atoms with Crippen molar-refractivity contribution in [2.24, 2.45) is 13.0 Å². The number of anilines is 2.